The summed E-state index contributed by atoms with van der Waals surface area (Å²) in [6.07, 6.45) is 2.49. The standard InChI is InChI=1S/C8H13N3O/c1-3-6(2)10-8(12)7-4-5-9-11-7/h4-6H,3H2,1-2H3,(H,9,11)(H,10,12). The van der Waals surface area contributed by atoms with Gasteiger partial charge in [-0.05, 0) is 19.4 Å². The number of rotatable bonds is 3. The van der Waals surface area contributed by atoms with Gasteiger partial charge >= 0.3 is 0 Å². The summed E-state index contributed by atoms with van der Waals surface area (Å²) in [7, 11) is 0. The molecule has 1 unspecified atom stereocenters. The van der Waals surface area contributed by atoms with Gasteiger partial charge in [-0.15, -0.1) is 0 Å². The highest BCUT2D eigenvalue weighted by atomic mass is 16.2. The number of carbonyl (C=O) groups is 1. The summed E-state index contributed by atoms with van der Waals surface area (Å²) < 4.78 is 0. The average molecular weight is 167 g/mol. The number of nitrogens with zero attached hydrogens (tertiary/aromatic N) is 1. The topological polar surface area (TPSA) is 57.8 Å². The highest BCUT2D eigenvalue weighted by Gasteiger charge is 2.08. The van der Waals surface area contributed by atoms with Gasteiger partial charge in [0.2, 0.25) is 0 Å². The van der Waals surface area contributed by atoms with Crippen molar-refractivity contribution in [3.8, 4) is 0 Å². The fourth-order valence-electron chi connectivity index (χ4n) is 0.786. The molecule has 0 aliphatic rings. The van der Waals surface area contributed by atoms with Crippen molar-refractivity contribution in [2.45, 2.75) is 26.3 Å². The summed E-state index contributed by atoms with van der Waals surface area (Å²) in [5, 5.41) is 9.12. The number of hydrogen-bond acceptors (Lipinski definition) is 2. The summed E-state index contributed by atoms with van der Waals surface area (Å²) in [5.41, 5.74) is 0.510. The number of nitrogens with one attached hydrogen (secondary N) is 2. The molecule has 0 bridgehead atoms. The van der Waals surface area contributed by atoms with Crippen molar-refractivity contribution < 1.29 is 4.79 Å². The lowest BCUT2D eigenvalue weighted by atomic mass is 10.2. The van der Waals surface area contributed by atoms with Gasteiger partial charge in [-0.25, -0.2) is 0 Å². The van der Waals surface area contributed by atoms with Crippen LogP contribution in [0.15, 0.2) is 12.3 Å². The van der Waals surface area contributed by atoms with Gasteiger partial charge in [-0.2, -0.15) is 5.10 Å². The molecule has 12 heavy (non-hydrogen) atoms. The zero-order chi connectivity index (χ0) is 8.97. The first-order valence-corrected chi connectivity index (χ1v) is 4.04. The largest absolute Gasteiger partial charge is 0.348 e. The Balaban J connectivity index is 2.50. The van der Waals surface area contributed by atoms with Crippen LogP contribution in [-0.2, 0) is 0 Å². The molecular weight excluding hydrogens is 154 g/mol. The van der Waals surface area contributed by atoms with Gasteiger partial charge in [-0.3, -0.25) is 9.89 Å². The second-order valence-corrected chi connectivity index (χ2v) is 2.75. The molecule has 0 aliphatic carbocycles. The van der Waals surface area contributed by atoms with Crippen LogP contribution < -0.4 is 5.32 Å². The maximum atomic E-state index is 11.3. The Kier molecular flexibility index (Phi) is 2.85. The minimum atomic E-state index is -0.0955. The van der Waals surface area contributed by atoms with E-state index in [0.29, 0.717) is 5.69 Å². The summed E-state index contributed by atoms with van der Waals surface area (Å²) in [6.45, 7) is 3.99. The Morgan fingerprint density at radius 2 is 2.58 bits per heavy atom. The van der Waals surface area contributed by atoms with Gasteiger partial charge in [0.05, 0.1) is 0 Å². The number of hydrogen-bond donors (Lipinski definition) is 2. The average Bonchev–Trinajstić information content (AvgIpc) is 2.56. The fraction of sp³-hybridized carbons (Fsp3) is 0.500. The first-order valence-electron chi connectivity index (χ1n) is 4.04. The Bertz CT molecular complexity index is 243. The third-order valence-corrected chi connectivity index (χ3v) is 1.74. The number of H-pyrrole nitrogens is 1. The predicted octanol–water partition coefficient (Wildman–Crippen LogP) is 0.938. The zero-order valence-electron chi connectivity index (χ0n) is 7.29. The molecular formula is C8H13N3O. The molecule has 0 aliphatic heterocycles. The number of aromatic amines is 1. The maximum absolute atomic E-state index is 11.3. The van der Waals surface area contributed by atoms with Gasteiger partial charge in [0, 0.05) is 12.2 Å². The molecule has 1 heterocycles. The first kappa shape index (κ1) is 8.77. The van der Waals surface area contributed by atoms with Crippen molar-refractivity contribution in [2.24, 2.45) is 0 Å². The van der Waals surface area contributed by atoms with E-state index in [4.69, 9.17) is 0 Å². The van der Waals surface area contributed by atoms with E-state index < -0.39 is 0 Å². The Labute approximate surface area is 71.4 Å². The van der Waals surface area contributed by atoms with Crippen LogP contribution in [0.1, 0.15) is 30.8 Å². The van der Waals surface area contributed by atoms with E-state index in [1.165, 1.54) is 0 Å². The van der Waals surface area contributed by atoms with Crippen molar-refractivity contribution in [2.75, 3.05) is 0 Å². The van der Waals surface area contributed by atoms with E-state index in [0.717, 1.165) is 6.42 Å². The molecule has 4 heteroatoms. The smallest absolute Gasteiger partial charge is 0.269 e. The monoisotopic (exact) mass is 167 g/mol. The molecule has 1 atom stereocenters. The first-order chi connectivity index (χ1) is 5.74. The molecule has 66 valence electrons. The van der Waals surface area contributed by atoms with Crippen LogP contribution in [0, 0.1) is 0 Å². The number of amides is 1. The van der Waals surface area contributed by atoms with E-state index in [9.17, 15) is 4.79 Å². The molecule has 1 aromatic heterocycles. The van der Waals surface area contributed by atoms with Crippen LogP contribution in [0.5, 0.6) is 0 Å². The van der Waals surface area contributed by atoms with Gasteiger partial charge in [0.15, 0.2) is 0 Å². The molecule has 0 spiro atoms. The maximum Gasteiger partial charge on any atom is 0.269 e. The van der Waals surface area contributed by atoms with Crippen molar-refractivity contribution in [3.05, 3.63) is 18.0 Å². The summed E-state index contributed by atoms with van der Waals surface area (Å²) in [5.74, 6) is -0.0955. The highest BCUT2D eigenvalue weighted by Crippen LogP contribution is 1.94. The molecule has 0 saturated heterocycles. The van der Waals surface area contributed by atoms with Crippen LogP contribution in [-0.4, -0.2) is 22.1 Å². The van der Waals surface area contributed by atoms with Crippen molar-refractivity contribution in [3.63, 3.8) is 0 Å². The van der Waals surface area contributed by atoms with Gasteiger partial charge in [0.25, 0.3) is 5.91 Å². The van der Waals surface area contributed by atoms with Gasteiger partial charge in [-0.1, -0.05) is 6.92 Å². The minimum absolute atomic E-state index is 0.0955. The summed E-state index contributed by atoms with van der Waals surface area (Å²) in [4.78, 5) is 11.3. The van der Waals surface area contributed by atoms with Crippen molar-refractivity contribution in [1.29, 1.82) is 0 Å². The molecule has 1 amide bonds. The predicted molar refractivity (Wildman–Crippen MR) is 45.8 cm³/mol. The van der Waals surface area contributed by atoms with Crippen LogP contribution in [0.25, 0.3) is 0 Å². The molecule has 0 saturated carbocycles. The van der Waals surface area contributed by atoms with E-state index >= 15 is 0 Å². The molecule has 0 radical (unpaired) electrons. The normalized spacial score (nSPS) is 12.5. The van der Waals surface area contributed by atoms with Crippen LogP contribution >= 0.6 is 0 Å². The van der Waals surface area contributed by atoms with Gasteiger partial charge < -0.3 is 5.32 Å². The number of aromatic nitrogens is 2. The SMILES string of the molecule is CCC(C)NC(=O)c1ccn[nH]1. The lowest BCUT2D eigenvalue weighted by Gasteiger charge is -2.09. The van der Waals surface area contributed by atoms with E-state index in [1.54, 1.807) is 12.3 Å². The molecule has 1 aromatic rings. The van der Waals surface area contributed by atoms with Crippen LogP contribution in [0.2, 0.25) is 0 Å². The Hall–Kier alpha value is -1.32. The molecule has 0 fully saturated rings. The van der Waals surface area contributed by atoms with Gasteiger partial charge in [0.1, 0.15) is 5.69 Å². The second-order valence-electron chi connectivity index (χ2n) is 2.75. The Morgan fingerprint density at radius 1 is 1.83 bits per heavy atom. The van der Waals surface area contributed by atoms with Crippen LogP contribution in [0.4, 0.5) is 0 Å². The highest BCUT2D eigenvalue weighted by molar-refractivity contribution is 5.92. The Morgan fingerprint density at radius 3 is 3.08 bits per heavy atom. The number of carbonyl (C=O) groups excluding carboxylic acids is 1. The quantitative estimate of drug-likeness (QED) is 0.703. The second kappa shape index (κ2) is 3.90. The minimum Gasteiger partial charge on any atom is -0.348 e. The summed E-state index contributed by atoms with van der Waals surface area (Å²) >= 11 is 0. The van der Waals surface area contributed by atoms with E-state index in [2.05, 4.69) is 15.5 Å². The third-order valence-electron chi connectivity index (χ3n) is 1.74. The fourth-order valence-corrected chi connectivity index (χ4v) is 0.786. The lowest BCUT2D eigenvalue weighted by Crippen LogP contribution is -2.32. The van der Waals surface area contributed by atoms with Crippen LogP contribution in [0.3, 0.4) is 0 Å². The van der Waals surface area contributed by atoms with Crippen molar-refractivity contribution in [1.82, 2.24) is 15.5 Å². The summed E-state index contributed by atoms with van der Waals surface area (Å²) in [6, 6.07) is 1.86. The van der Waals surface area contributed by atoms with Crippen molar-refractivity contribution >= 4 is 5.91 Å². The molecule has 1 rings (SSSR count). The molecule has 2 N–H and O–H groups in total. The van der Waals surface area contributed by atoms with E-state index in [1.807, 2.05) is 13.8 Å². The van der Waals surface area contributed by atoms with E-state index in [-0.39, 0.29) is 11.9 Å². The zero-order valence-corrected chi connectivity index (χ0v) is 7.29. The molecule has 0 aromatic carbocycles. The lowest BCUT2D eigenvalue weighted by molar-refractivity contribution is 0.0934. The molecule has 4 nitrogen and oxygen atoms in total. The third kappa shape index (κ3) is 2.08.